The summed E-state index contributed by atoms with van der Waals surface area (Å²) in [6.45, 7) is -1.05. The number of nitrogens with zero attached hydrogens (tertiary/aromatic N) is 3. The summed E-state index contributed by atoms with van der Waals surface area (Å²) < 4.78 is 17.2. The van der Waals surface area contributed by atoms with Gasteiger partial charge in [0, 0.05) is 0 Å². The van der Waals surface area contributed by atoms with Crippen LogP contribution in [0.3, 0.4) is 0 Å². The fourth-order valence-corrected chi connectivity index (χ4v) is 14.2. The summed E-state index contributed by atoms with van der Waals surface area (Å²) in [5.41, 5.74) is -0.785. The van der Waals surface area contributed by atoms with Crippen molar-refractivity contribution in [2.24, 2.45) is 11.8 Å². The van der Waals surface area contributed by atoms with Crippen LogP contribution < -0.4 is 21.2 Å². The number of alkyl carbamates (subject to hydrolysis) is 1. The summed E-state index contributed by atoms with van der Waals surface area (Å²) in [5.74, 6) is -2.40. The first-order chi connectivity index (χ1) is 29.3. The maximum atomic E-state index is 15.9. The van der Waals surface area contributed by atoms with Crippen LogP contribution in [0.25, 0.3) is 0 Å². The Kier molecular flexibility index (Phi) is 13.2. The molecule has 1 aliphatic heterocycles. The maximum absolute atomic E-state index is 15.9. The molecule has 6 rings (SSSR count). The van der Waals surface area contributed by atoms with E-state index in [4.69, 9.17) is 14.2 Å². The van der Waals surface area contributed by atoms with Crippen LogP contribution in [0.5, 0.6) is 0 Å². The minimum atomic E-state index is -4.79. The number of likely N-dealkylation sites (tertiary alicyclic amines) is 1. The first kappa shape index (κ1) is 43.6. The first-order valence-corrected chi connectivity index (χ1v) is 21.9. The molecular weight excluding hydrogens is 803 g/mol. The Hall–Kier alpha value is -6.99. The number of nitrogens with one attached hydrogen (secondary N) is 1. The van der Waals surface area contributed by atoms with Crippen molar-refractivity contribution < 1.29 is 43.2 Å². The third-order valence-corrected chi connectivity index (χ3v) is 17.3. The number of nitro benzene ring substituents is 2. The monoisotopic (exact) mass is 848 g/mol. The van der Waals surface area contributed by atoms with Crippen LogP contribution in [0.15, 0.2) is 140 Å². The molecule has 1 N–H and O–H groups in total. The molecule has 4 atom stereocenters. The van der Waals surface area contributed by atoms with Gasteiger partial charge >= 0.3 is 337 Å². The topological polar surface area (TPSA) is 198 Å². The molecule has 0 aromatic heterocycles. The predicted molar refractivity (Wildman–Crippen MR) is 229 cm³/mol. The average Bonchev–Trinajstić information content (AvgIpc) is 3.27. The second-order valence-corrected chi connectivity index (χ2v) is 19.7. The standard InChI is InChI=1S/C45H45N4O11P/c1-31(27-58-33(3)50)42-41(32(2)46-44(52)59-28-34-17-13-15-25-39(34)48(54)55)43(51)47(42)30-61(36-19-7-4-8-20-36,37-21-9-5-10-22-37,38-23-11-6-12-24-38)45(53)60-29-35-18-14-16-26-40(35)49(56)57/h4-26,31-32,41-42H,27-30H2,1-3H3,(H,46,52). The van der Waals surface area contributed by atoms with Gasteiger partial charge in [0.25, 0.3) is 0 Å². The molecule has 2 amide bonds. The van der Waals surface area contributed by atoms with Crippen LogP contribution in [-0.4, -0.2) is 63.4 Å². The molecule has 1 aliphatic rings. The van der Waals surface area contributed by atoms with E-state index in [0.717, 1.165) is 0 Å². The Labute approximate surface area is 351 Å². The van der Waals surface area contributed by atoms with E-state index in [1.165, 1.54) is 43.3 Å². The number of esters is 1. The van der Waals surface area contributed by atoms with E-state index < -0.39 is 77.3 Å². The van der Waals surface area contributed by atoms with Crippen molar-refractivity contribution in [1.29, 1.82) is 0 Å². The number of amides is 2. The first-order valence-electron chi connectivity index (χ1n) is 19.5. The molecule has 1 heterocycles. The third kappa shape index (κ3) is 8.42. The molecule has 16 heteroatoms. The second kappa shape index (κ2) is 18.5. The molecule has 0 saturated carbocycles. The van der Waals surface area contributed by atoms with E-state index in [0.29, 0.717) is 15.9 Å². The molecule has 0 spiro atoms. The summed E-state index contributed by atoms with van der Waals surface area (Å²) in [4.78, 5) is 80.2. The van der Waals surface area contributed by atoms with Crippen molar-refractivity contribution in [3.63, 3.8) is 0 Å². The molecule has 0 radical (unpaired) electrons. The van der Waals surface area contributed by atoms with Gasteiger partial charge in [0.15, 0.2) is 0 Å². The van der Waals surface area contributed by atoms with Gasteiger partial charge < -0.3 is 0 Å². The predicted octanol–water partition coefficient (Wildman–Crippen LogP) is 6.97. The van der Waals surface area contributed by atoms with Crippen LogP contribution in [0, 0.1) is 32.1 Å². The number of para-hydroxylation sites is 2. The number of carbonyl (C=O) groups excluding carboxylic acids is 4. The second-order valence-electron chi connectivity index (χ2n) is 14.9. The molecule has 4 unspecified atom stereocenters. The number of rotatable bonds is 17. The Morgan fingerprint density at radius 2 is 1.10 bits per heavy atom. The van der Waals surface area contributed by atoms with Crippen molar-refractivity contribution in [3.05, 3.63) is 171 Å². The molecular formula is C45H45N4O11P. The van der Waals surface area contributed by atoms with E-state index >= 15 is 4.79 Å². The van der Waals surface area contributed by atoms with E-state index in [2.05, 4.69) is 5.32 Å². The van der Waals surface area contributed by atoms with Crippen molar-refractivity contribution >= 4 is 57.6 Å². The van der Waals surface area contributed by atoms with Gasteiger partial charge in [0.2, 0.25) is 0 Å². The molecule has 15 nitrogen and oxygen atoms in total. The molecule has 316 valence electrons. The van der Waals surface area contributed by atoms with Crippen molar-refractivity contribution in [3.8, 4) is 0 Å². The van der Waals surface area contributed by atoms with Gasteiger partial charge in [-0.3, -0.25) is 10.1 Å². The normalized spacial score (nSPS) is 16.4. The summed E-state index contributed by atoms with van der Waals surface area (Å²) >= 11 is 0. The van der Waals surface area contributed by atoms with Gasteiger partial charge in [-0.15, -0.1) is 0 Å². The fraction of sp³-hybridized carbons (Fsp3) is 0.244. The molecule has 1 fully saturated rings. The molecule has 1 saturated heterocycles. The summed E-state index contributed by atoms with van der Waals surface area (Å²) in [7, 11) is 0. The zero-order valence-electron chi connectivity index (χ0n) is 33.7. The molecule has 61 heavy (non-hydrogen) atoms. The number of nitro groups is 2. The Morgan fingerprint density at radius 3 is 1.54 bits per heavy atom. The number of carbonyl (C=O) groups is 4. The number of β-lactam (4-membered cyclic amide) rings is 1. The van der Waals surface area contributed by atoms with Gasteiger partial charge in [-0.25, -0.2) is 0 Å². The summed E-state index contributed by atoms with van der Waals surface area (Å²) in [6, 6.07) is 37.3. The average molecular weight is 849 g/mol. The Morgan fingerprint density at radius 1 is 0.672 bits per heavy atom. The van der Waals surface area contributed by atoms with Crippen LogP contribution >= 0.6 is 6.60 Å². The van der Waals surface area contributed by atoms with Gasteiger partial charge in [-0.1, -0.05) is 6.07 Å². The van der Waals surface area contributed by atoms with Crippen LogP contribution in [0.4, 0.5) is 21.0 Å². The van der Waals surface area contributed by atoms with Crippen molar-refractivity contribution in [2.75, 3.05) is 12.9 Å². The third-order valence-electron chi connectivity index (χ3n) is 11.2. The zero-order chi connectivity index (χ0) is 43.8. The van der Waals surface area contributed by atoms with Crippen molar-refractivity contribution in [2.45, 2.75) is 46.1 Å². The number of hydrogen-bond donors (Lipinski definition) is 1. The quantitative estimate of drug-likeness (QED) is 0.0253. The van der Waals surface area contributed by atoms with E-state index in [-0.39, 0.29) is 35.4 Å². The SMILES string of the molecule is CC(=O)OCC(C)C1C(C(C)NC(=O)OCc2ccccc2[N+](=O)[O-])C(=O)N1CP(C(=O)OCc1ccccc1[N+](=O)[O-])(c1ccccc1)(c1ccccc1)c1ccccc1. The van der Waals surface area contributed by atoms with Crippen molar-refractivity contribution in [1.82, 2.24) is 10.2 Å². The van der Waals surface area contributed by atoms with Crippen LogP contribution in [0.2, 0.25) is 0 Å². The fourth-order valence-electron chi connectivity index (χ4n) is 8.28. The molecule has 0 bridgehead atoms. The van der Waals surface area contributed by atoms with Gasteiger partial charge in [-0.05, 0) is 0 Å². The van der Waals surface area contributed by atoms with E-state index in [1.54, 1.807) is 85.5 Å². The van der Waals surface area contributed by atoms with Crippen LogP contribution in [0.1, 0.15) is 31.9 Å². The van der Waals surface area contributed by atoms with Crippen LogP contribution in [-0.2, 0) is 37.0 Å². The number of hydrogen-bond acceptors (Lipinski definition) is 11. The Balaban J connectivity index is 1.46. The summed E-state index contributed by atoms with van der Waals surface area (Å²) in [5, 5.41) is 28.0. The molecule has 5 aromatic rings. The minimum absolute atomic E-state index is 0.102. The number of benzene rings is 5. The summed E-state index contributed by atoms with van der Waals surface area (Å²) in [6.07, 6.45) is -1.14. The van der Waals surface area contributed by atoms with E-state index in [9.17, 15) is 34.6 Å². The van der Waals surface area contributed by atoms with E-state index in [1.807, 2.05) is 36.4 Å². The molecule has 0 aliphatic carbocycles. The molecule has 5 aromatic carbocycles. The zero-order valence-corrected chi connectivity index (χ0v) is 34.6. The number of ether oxygens (including phenoxy) is 3. The van der Waals surface area contributed by atoms with Gasteiger partial charge in [-0.2, -0.15) is 0 Å². The van der Waals surface area contributed by atoms with Gasteiger partial charge in [0.05, 0.1) is 0 Å². The van der Waals surface area contributed by atoms with Gasteiger partial charge in [0.1, 0.15) is 0 Å². The Bertz CT molecular complexity index is 2320.